The largest absolute Gasteiger partial charge is 0.451 e. The van der Waals surface area contributed by atoms with E-state index < -0.39 is 47.7 Å². The van der Waals surface area contributed by atoms with Crippen molar-refractivity contribution in [1.82, 2.24) is 20.2 Å². The number of esters is 1. The molecule has 1 atom stereocenters. The van der Waals surface area contributed by atoms with Gasteiger partial charge in [-0.2, -0.15) is 4.80 Å². The molecule has 2 heterocycles. The van der Waals surface area contributed by atoms with Crippen LogP contribution >= 0.6 is 11.3 Å². The van der Waals surface area contributed by atoms with Gasteiger partial charge >= 0.3 is 5.97 Å². The summed E-state index contributed by atoms with van der Waals surface area (Å²) >= 11 is 1.40. The Morgan fingerprint density at radius 1 is 1.25 bits per heavy atom. The van der Waals surface area contributed by atoms with E-state index in [0.29, 0.717) is 11.9 Å². The van der Waals surface area contributed by atoms with Crippen LogP contribution in [0.3, 0.4) is 0 Å². The Morgan fingerprint density at radius 3 is 2.75 bits per heavy atom. The molecule has 0 aliphatic rings. The van der Waals surface area contributed by atoms with Crippen LogP contribution in [-0.2, 0) is 20.9 Å². The smallest absolute Gasteiger partial charge is 0.330 e. The number of thiophene rings is 1. The van der Waals surface area contributed by atoms with Crippen LogP contribution in [0, 0.1) is 17.5 Å². The molecule has 0 spiro atoms. The number of hydrogen-bond acceptors (Lipinski definition) is 7. The molecule has 0 saturated heterocycles. The van der Waals surface area contributed by atoms with E-state index >= 15 is 0 Å². The molecule has 0 fully saturated rings. The molecule has 3 aromatic rings. The monoisotopic (exact) mass is 411 g/mol. The number of anilines is 1. The lowest BCUT2D eigenvalue weighted by atomic mass is 10.2. The van der Waals surface area contributed by atoms with Gasteiger partial charge in [0, 0.05) is 0 Å². The summed E-state index contributed by atoms with van der Waals surface area (Å²) in [5.74, 6) is -6.10. The van der Waals surface area contributed by atoms with Crippen molar-refractivity contribution < 1.29 is 27.5 Å². The van der Waals surface area contributed by atoms with Crippen molar-refractivity contribution in [3.05, 3.63) is 47.1 Å². The fourth-order valence-electron chi connectivity index (χ4n) is 2.07. The minimum atomic E-state index is -1.72. The van der Waals surface area contributed by atoms with E-state index in [2.05, 4.69) is 15.4 Å². The van der Waals surface area contributed by atoms with Gasteiger partial charge in [-0.1, -0.05) is 6.07 Å². The van der Waals surface area contributed by atoms with Gasteiger partial charge in [0.25, 0.3) is 5.91 Å². The average molecular weight is 411 g/mol. The summed E-state index contributed by atoms with van der Waals surface area (Å²) in [6.45, 7) is 0.826. The fraction of sp³-hybridized carbons (Fsp3) is 0.188. The summed E-state index contributed by atoms with van der Waals surface area (Å²) in [6, 6.07) is 5.11. The Balaban J connectivity index is 1.56. The molecule has 1 amide bonds. The standard InChI is InChI=1S/C16H12F3N5O3S/c1-8(16(26)20-10-5-4-9(17)13(18)14(10)19)27-12(25)7-24-22-15(21-23-24)11-3-2-6-28-11/h2-6,8H,7H2,1H3,(H,20,26)/t8-/m0/s1. The SMILES string of the molecule is C[C@H](OC(=O)Cn1nnc(-c2cccs2)n1)C(=O)Nc1ccc(F)c(F)c1F. The lowest BCUT2D eigenvalue weighted by Crippen LogP contribution is -2.31. The van der Waals surface area contributed by atoms with Crippen LogP contribution in [-0.4, -0.2) is 38.2 Å². The highest BCUT2D eigenvalue weighted by atomic mass is 32.1. The number of carbonyl (C=O) groups excluding carboxylic acids is 2. The molecule has 146 valence electrons. The van der Waals surface area contributed by atoms with Gasteiger partial charge in [0.1, 0.15) is 0 Å². The number of amides is 1. The summed E-state index contributed by atoms with van der Waals surface area (Å²) in [4.78, 5) is 25.7. The van der Waals surface area contributed by atoms with Crippen LogP contribution in [0.25, 0.3) is 10.7 Å². The highest BCUT2D eigenvalue weighted by Gasteiger charge is 2.22. The van der Waals surface area contributed by atoms with Crippen molar-refractivity contribution in [2.24, 2.45) is 0 Å². The van der Waals surface area contributed by atoms with E-state index in [9.17, 15) is 22.8 Å². The van der Waals surface area contributed by atoms with Crippen LogP contribution in [0.5, 0.6) is 0 Å². The molecular weight excluding hydrogens is 399 g/mol. The zero-order valence-corrected chi connectivity index (χ0v) is 15.0. The minimum Gasteiger partial charge on any atom is -0.451 e. The van der Waals surface area contributed by atoms with Crippen LogP contribution in [0.15, 0.2) is 29.6 Å². The molecule has 0 aliphatic heterocycles. The van der Waals surface area contributed by atoms with E-state index in [1.54, 1.807) is 6.07 Å². The third-order valence-electron chi connectivity index (χ3n) is 3.44. The van der Waals surface area contributed by atoms with Crippen LogP contribution in [0.2, 0.25) is 0 Å². The van der Waals surface area contributed by atoms with Crippen LogP contribution < -0.4 is 5.32 Å². The number of nitrogens with zero attached hydrogens (tertiary/aromatic N) is 4. The summed E-state index contributed by atoms with van der Waals surface area (Å²) in [5, 5.41) is 15.4. The van der Waals surface area contributed by atoms with Crippen LogP contribution in [0.4, 0.5) is 18.9 Å². The Morgan fingerprint density at radius 2 is 2.04 bits per heavy atom. The first kappa shape index (κ1) is 19.5. The van der Waals surface area contributed by atoms with Gasteiger partial charge in [-0.15, -0.1) is 21.5 Å². The number of hydrogen-bond donors (Lipinski definition) is 1. The topological polar surface area (TPSA) is 99.0 Å². The van der Waals surface area contributed by atoms with Crippen molar-refractivity contribution >= 4 is 28.9 Å². The molecule has 12 heteroatoms. The Bertz CT molecular complexity index is 1010. The molecule has 0 aliphatic carbocycles. The molecule has 28 heavy (non-hydrogen) atoms. The van der Waals surface area contributed by atoms with E-state index in [1.165, 1.54) is 18.3 Å². The molecule has 8 nitrogen and oxygen atoms in total. The molecule has 1 aromatic carbocycles. The number of nitrogens with one attached hydrogen (secondary N) is 1. The van der Waals surface area contributed by atoms with Gasteiger partial charge in [-0.05, 0) is 35.7 Å². The van der Waals surface area contributed by atoms with E-state index in [4.69, 9.17) is 4.74 Å². The molecule has 3 rings (SSSR count). The minimum absolute atomic E-state index is 0.336. The molecule has 2 aromatic heterocycles. The lowest BCUT2D eigenvalue weighted by Gasteiger charge is -2.13. The van der Waals surface area contributed by atoms with Gasteiger partial charge < -0.3 is 10.1 Å². The Labute approximate surface area is 159 Å². The first-order valence-electron chi connectivity index (χ1n) is 7.80. The predicted octanol–water partition coefficient (Wildman–Crippen LogP) is 2.39. The quantitative estimate of drug-likeness (QED) is 0.494. The second kappa shape index (κ2) is 8.17. The van der Waals surface area contributed by atoms with Crippen LogP contribution in [0.1, 0.15) is 6.92 Å². The van der Waals surface area contributed by atoms with Gasteiger partial charge in [0.05, 0.1) is 10.6 Å². The zero-order valence-electron chi connectivity index (χ0n) is 14.2. The number of halogens is 3. The van der Waals surface area contributed by atoms with Gasteiger partial charge in [0.2, 0.25) is 5.82 Å². The molecule has 0 unspecified atom stereocenters. The molecule has 0 radical (unpaired) electrons. The van der Waals surface area contributed by atoms with E-state index in [1.807, 2.05) is 16.8 Å². The maximum absolute atomic E-state index is 13.6. The zero-order chi connectivity index (χ0) is 20.3. The van der Waals surface area contributed by atoms with Crippen molar-refractivity contribution in [2.75, 3.05) is 5.32 Å². The number of aromatic nitrogens is 4. The highest BCUT2D eigenvalue weighted by Crippen LogP contribution is 2.20. The maximum Gasteiger partial charge on any atom is 0.330 e. The van der Waals surface area contributed by atoms with Crippen molar-refractivity contribution in [2.45, 2.75) is 19.6 Å². The summed E-state index contributed by atoms with van der Waals surface area (Å²) < 4.78 is 44.6. The second-order valence-electron chi connectivity index (χ2n) is 5.46. The molecule has 1 N–H and O–H groups in total. The number of carbonyl (C=O) groups is 2. The van der Waals surface area contributed by atoms with Crippen molar-refractivity contribution in [3.8, 4) is 10.7 Å². The molecular formula is C16H12F3N5O3S. The second-order valence-corrected chi connectivity index (χ2v) is 6.41. The predicted molar refractivity (Wildman–Crippen MR) is 91.6 cm³/mol. The van der Waals surface area contributed by atoms with Crippen molar-refractivity contribution in [3.63, 3.8) is 0 Å². The first-order valence-corrected chi connectivity index (χ1v) is 8.68. The van der Waals surface area contributed by atoms with Gasteiger partial charge in [0.15, 0.2) is 30.1 Å². The molecule has 0 saturated carbocycles. The third kappa shape index (κ3) is 4.34. The number of benzene rings is 1. The average Bonchev–Trinajstić information content (AvgIpc) is 3.33. The van der Waals surface area contributed by atoms with E-state index in [0.717, 1.165) is 15.7 Å². The molecule has 0 bridgehead atoms. The van der Waals surface area contributed by atoms with Crippen molar-refractivity contribution in [1.29, 1.82) is 0 Å². The summed E-state index contributed by atoms with van der Waals surface area (Å²) in [7, 11) is 0. The summed E-state index contributed by atoms with van der Waals surface area (Å²) in [6.07, 6.45) is -1.33. The van der Waals surface area contributed by atoms with E-state index in [-0.39, 0.29) is 0 Å². The number of ether oxygens (including phenoxy) is 1. The number of tetrazole rings is 1. The lowest BCUT2D eigenvalue weighted by molar-refractivity contribution is -0.154. The highest BCUT2D eigenvalue weighted by molar-refractivity contribution is 7.13. The number of rotatable bonds is 6. The Hall–Kier alpha value is -3.28. The maximum atomic E-state index is 13.6. The first-order chi connectivity index (χ1) is 13.3. The van der Waals surface area contributed by atoms with Gasteiger partial charge in [-0.3, -0.25) is 4.79 Å². The third-order valence-corrected chi connectivity index (χ3v) is 4.30. The summed E-state index contributed by atoms with van der Waals surface area (Å²) in [5.41, 5.74) is -0.578. The Kier molecular flexibility index (Phi) is 5.68. The fourth-order valence-corrected chi connectivity index (χ4v) is 2.72. The normalized spacial score (nSPS) is 11.9. The van der Waals surface area contributed by atoms with Gasteiger partial charge in [-0.25, -0.2) is 18.0 Å².